The number of hydrogen-bond donors (Lipinski definition) is 3. The lowest BCUT2D eigenvalue weighted by Gasteiger charge is -2.08. The average molecular weight is 311 g/mol. The van der Waals surface area contributed by atoms with Crippen molar-refractivity contribution in [3.8, 4) is 5.75 Å². The second kappa shape index (κ2) is 6.39. The number of amides is 1. The van der Waals surface area contributed by atoms with E-state index in [2.05, 4.69) is 15.3 Å². The van der Waals surface area contributed by atoms with Gasteiger partial charge < -0.3 is 20.0 Å². The van der Waals surface area contributed by atoms with Gasteiger partial charge in [0.15, 0.2) is 6.61 Å². The van der Waals surface area contributed by atoms with Crippen molar-refractivity contribution in [2.45, 2.75) is 13.5 Å². The van der Waals surface area contributed by atoms with Gasteiger partial charge in [-0.1, -0.05) is 18.2 Å². The maximum atomic E-state index is 11.8. The number of imidazole rings is 1. The summed E-state index contributed by atoms with van der Waals surface area (Å²) in [4.78, 5) is 28.4. The molecule has 0 aliphatic heterocycles. The first kappa shape index (κ1) is 14.9. The van der Waals surface area contributed by atoms with Crippen LogP contribution in [0.15, 0.2) is 47.3 Å². The van der Waals surface area contributed by atoms with Crippen LogP contribution in [0.25, 0.3) is 11.0 Å². The van der Waals surface area contributed by atoms with Crippen molar-refractivity contribution in [2.75, 3.05) is 6.61 Å². The molecular formula is C17H17N3O3. The van der Waals surface area contributed by atoms with Crippen LogP contribution < -0.4 is 15.7 Å². The molecule has 0 saturated heterocycles. The quantitative estimate of drug-likeness (QED) is 0.672. The molecule has 3 rings (SSSR count). The van der Waals surface area contributed by atoms with Crippen molar-refractivity contribution in [2.24, 2.45) is 0 Å². The fraction of sp³-hybridized carbons (Fsp3) is 0.176. The van der Waals surface area contributed by atoms with E-state index in [1.165, 1.54) is 0 Å². The van der Waals surface area contributed by atoms with Crippen LogP contribution in [0.1, 0.15) is 11.1 Å². The van der Waals surface area contributed by atoms with Crippen LogP contribution in [0.3, 0.4) is 0 Å². The van der Waals surface area contributed by atoms with E-state index in [0.29, 0.717) is 12.3 Å². The molecule has 6 heteroatoms. The minimum atomic E-state index is -0.243. The first-order valence-electron chi connectivity index (χ1n) is 7.27. The zero-order chi connectivity index (χ0) is 16.2. The molecule has 0 spiro atoms. The van der Waals surface area contributed by atoms with E-state index < -0.39 is 0 Å². The molecule has 1 heterocycles. The van der Waals surface area contributed by atoms with Gasteiger partial charge in [0.2, 0.25) is 0 Å². The van der Waals surface area contributed by atoms with Gasteiger partial charge in [-0.05, 0) is 42.3 Å². The fourth-order valence-corrected chi connectivity index (χ4v) is 2.30. The summed E-state index contributed by atoms with van der Waals surface area (Å²) in [6.45, 7) is 2.31. The highest BCUT2D eigenvalue weighted by Gasteiger charge is 2.04. The number of nitrogens with one attached hydrogen (secondary N) is 3. The summed E-state index contributed by atoms with van der Waals surface area (Å²) in [6, 6.07) is 13.0. The van der Waals surface area contributed by atoms with Gasteiger partial charge in [0.05, 0.1) is 11.0 Å². The van der Waals surface area contributed by atoms with E-state index in [9.17, 15) is 9.59 Å². The molecule has 0 aliphatic carbocycles. The summed E-state index contributed by atoms with van der Waals surface area (Å²) < 4.78 is 5.45. The molecule has 0 fully saturated rings. The third-order valence-corrected chi connectivity index (χ3v) is 3.43. The molecule has 0 atom stereocenters. The summed E-state index contributed by atoms with van der Waals surface area (Å²) >= 11 is 0. The van der Waals surface area contributed by atoms with E-state index in [1.807, 2.05) is 43.3 Å². The van der Waals surface area contributed by atoms with E-state index in [0.717, 1.165) is 22.2 Å². The van der Waals surface area contributed by atoms with Crippen LogP contribution in [-0.4, -0.2) is 22.5 Å². The Morgan fingerprint density at radius 2 is 1.96 bits per heavy atom. The molecule has 0 saturated carbocycles. The van der Waals surface area contributed by atoms with Gasteiger partial charge in [0.1, 0.15) is 5.75 Å². The number of carbonyl (C=O) groups is 1. The minimum Gasteiger partial charge on any atom is -0.484 e. The Kier molecular flexibility index (Phi) is 4.14. The summed E-state index contributed by atoms with van der Waals surface area (Å²) in [5, 5.41) is 2.79. The monoisotopic (exact) mass is 311 g/mol. The molecule has 118 valence electrons. The number of aromatic nitrogens is 2. The standard InChI is InChI=1S/C17H17N3O3/c1-11-3-2-4-13(7-11)23-10-16(21)18-9-12-5-6-14-15(8-12)20-17(22)19-14/h2-8H,9-10H2,1H3,(H,18,21)(H2,19,20,22). The smallest absolute Gasteiger partial charge is 0.323 e. The van der Waals surface area contributed by atoms with E-state index in [4.69, 9.17) is 4.74 Å². The molecule has 6 nitrogen and oxygen atoms in total. The van der Waals surface area contributed by atoms with Crippen LogP contribution >= 0.6 is 0 Å². The van der Waals surface area contributed by atoms with Gasteiger partial charge in [-0.3, -0.25) is 4.79 Å². The molecule has 1 amide bonds. The van der Waals surface area contributed by atoms with Crippen LogP contribution in [0.4, 0.5) is 0 Å². The molecule has 2 aromatic carbocycles. The number of aromatic amines is 2. The van der Waals surface area contributed by atoms with Gasteiger partial charge in [-0.15, -0.1) is 0 Å². The lowest BCUT2D eigenvalue weighted by atomic mass is 10.2. The number of hydrogen-bond acceptors (Lipinski definition) is 3. The zero-order valence-corrected chi connectivity index (χ0v) is 12.7. The topological polar surface area (TPSA) is 87.0 Å². The first-order chi connectivity index (χ1) is 11.1. The van der Waals surface area contributed by atoms with Crippen LogP contribution in [0, 0.1) is 6.92 Å². The van der Waals surface area contributed by atoms with Gasteiger partial charge in [-0.2, -0.15) is 0 Å². The Morgan fingerprint density at radius 1 is 1.13 bits per heavy atom. The third kappa shape index (κ3) is 3.79. The summed E-state index contributed by atoms with van der Waals surface area (Å²) in [5.74, 6) is 0.473. The molecule has 1 aromatic heterocycles. The van der Waals surface area contributed by atoms with Crippen LogP contribution in [0.2, 0.25) is 0 Å². The number of H-pyrrole nitrogens is 2. The van der Waals surface area contributed by atoms with Gasteiger partial charge in [0, 0.05) is 6.54 Å². The zero-order valence-electron chi connectivity index (χ0n) is 12.7. The van der Waals surface area contributed by atoms with E-state index in [-0.39, 0.29) is 18.2 Å². The predicted octanol–water partition coefficient (Wildman–Crippen LogP) is 1.86. The molecule has 0 bridgehead atoms. The van der Waals surface area contributed by atoms with Crippen molar-refractivity contribution in [1.82, 2.24) is 15.3 Å². The maximum absolute atomic E-state index is 11.8. The highest BCUT2D eigenvalue weighted by atomic mass is 16.5. The normalized spacial score (nSPS) is 10.7. The number of carbonyl (C=O) groups excluding carboxylic acids is 1. The van der Waals surface area contributed by atoms with Crippen LogP contribution in [-0.2, 0) is 11.3 Å². The van der Waals surface area contributed by atoms with Crippen molar-refractivity contribution in [1.29, 1.82) is 0 Å². The van der Waals surface area contributed by atoms with Crippen LogP contribution in [0.5, 0.6) is 5.75 Å². The molecule has 23 heavy (non-hydrogen) atoms. The van der Waals surface area contributed by atoms with Crippen molar-refractivity contribution >= 4 is 16.9 Å². The molecule has 3 aromatic rings. The fourth-order valence-electron chi connectivity index (χ4n) is 2.30. The lowest BCUT2D eigenvalue weighted by molar-refractivity contribution is -0.123. The molecule has 0 unspecified atom stereocenters. The first-order valence-corrected chi connectivity index (χ1v) is 7.27. The Labute approximate surface area is 132 Å². The van der Waals surface area contributed by atoms with Crippen molar-refractivity contribution in [3.63, 3.8) is 0 Å². The van der Waals surface area contributed by atoms with E-state index in [1.54, 1.807) is 6.07 Å². The minimum absolute atomic E-state index is 0.0350. The average Bonchev–Trinajstić information content (AvgIpc) is 2.90. The maximum Gasteiger partial charge on any atom is 0.323 e. The Hall–Kier alpha value is -3.02. The van der Waals surface area contributed by atoms with Gasteiger partial charge >= 0.3 is 5.69 Å². The largest absolute Gasteiger partial charge is 0.484 e. The molecule has 3 N–H and O–H groups in total. The Morgan fingerprint density at radius 3 is 2.78 bits per heavy atom. The number of ether oxygens (including phenoxy) is 1. The molecule has 0 radical (unpaired) electrons. The number of benzene rings is 2. The van der Waals surface area contributed by atoms with E-state index >= 15 is 0 Å². The molecule has 0 aliphatic rings. The van der Waals surface area contributed by atoms with Gasteiger partial charge in [-0.25, -0.2) is 4.79 Å². The summed E-state index contributed by atoms with van der Waals surface area (Å²) in [7, 11) is 0. The number of rotatable bonds is 5. The summed E-state index contributed by atoms with van der Waals surface area (Å²) in [6.07, 6.45) is 0. The van der Waals surface area contributed by atoms with Gasteiger partial charge in [0.25, 0.3) is 5.91 Å². The van der Waals surface area contributed by atoms with Crippen molar-refractivity contribution in [3.05, 3.63) is 64.1 Å². The SMILES string of the molecule is Cc1cccc(OCC(=O)NCc2ccc3[nH]c(=O)[nH]c3c2)c1. The number of aryl methyl sites for hydroxylation is 1. The second-order valence-corrected chi connectivity index (χ2v) is 5.34. The summed E-state index contributed by atoms with van der Waals surface area (Å²) in [5.41, 5.74) is 3.20. The number of fused-ring (bicyclic) bond motifs is 1. The third-order valence-electron chi connectivity index (χ3n) is 3.43. The lowest BCUT2D eigenvalue weighted by Crippen LogP contribution is -2.28. The highest BCUT2D eigenvalue weighted by molar-refractivity contribution is 5.78. The highest BCUT2D eigenvalue weighted by Crippen LogP contribution is 2.12. The Bertz CT molecular complexity index is 895. The predicted molar refractivity (Wildman–Crippen MR) is 87.4 cm³/mol. The van der Waals surface area contributed by atoms with Crippen molar-refractivity contribution < 1.29 is 9.53 Å². The Balaban J connectivity index is 1.54. The second-order valence-electron chi connectivity index (χ2n) is 5.34. The molecular weight excluding hydrogens is 294 g/mol.